The van der Waals surface area contributed by atoms with Crippen molar-refractivity contribution in [2.75, 3.05) is 0 Å². The van der Waals surface area contributed by atoms with Crippen LogP contribution in [0.4, 0.5) is 0 Å². The molecule has 1 rings (SSSR count). The van der Waals surface area contributed by atoms with E-state index in [-0.39, 0.29) is 5.12 Å². The summed E-state index contributed by atoms with van der Waals surface area (Å²) in [5.74, 6) is 0.870. The second-order valence-corrected chi connectivity index (χ2v) is 3.12. The fraction of sp³-hybridized carbons (Fsp3) is 0.444. The Kier molecular flexibility index (Phi) is 3.41. The molecule has 0 bridgehead atoms. The lowest BCUT2D eigenvalue weighted by molar-refractivity contribution is 0.109. The number of rotatable bonds is 4. The van der Waals surface area contributed by atoms with Gasteiger partial charge in [0.1, 0.15) is 12.0 Å². The van der Waals surface area contributed by atoms with Crippen LogP contribution < -0.4 is 0 Å². The van der Waals surface area contributed by atoms with E-state index in [4.69, 9.17) is 4.42 Å². The third kappa shape index (κ3) is 2.41. The van der Waals surface area contributed by atoms with Crippen LogP contribution in [-0.2, 0) is 6.42 Å². The molecular formula is C9H12O2S. The van der Waals surface area contributed by atoms with Crippen molar-refractivity contribution < 1.29 is 9.21 Å². The minimum Gasteiger partial charge on any atom is -0.469 e. The minimum absolute atomic E-state index is 0.235. The Labute approximate surface area is 77.4 Å². The van der Waals surface area contributed by atoms with E-state index < -0.39 is 0 Å². The zero-order valence-electron chi connectivity index (χ0n) is 7.04. The highest BCUT2D eigenvalue weighted by atomic mass is 32.1. The molecule has 0 saturated heterocycles. The molecule has 0 unspecified atom stereocenters. The average molecular weight is 184 g/mol. The lowest BCUT2D eigenvalue weighted by atomic mass is 10.2. The van der Waals surface area contributed by atoms with Gasteiger partial charge in [0.2, 0.25) is 5.12 Å². The van der Waals surface area contributed by atoms with Crippen molar-refractivity contribution in [3.8, 4) is 0 Å². The number of hydrogen-bond acceptors (Lipinski definition) is 2. The van der Waals surface area contributed by atoms with Crippen molar-refractivity contribution in [2.45, 2.75) is 26.2 Å². The Morgan fingerprint density at radius 2 is 2.42 bits per heavy atom. The molecule has 1 aromatic rings. The fourth-order valence-electron chi connectivity index (χ4n) is 0.975. The molecule has 0 atom stereocenters. The van der Waals surface area contributed by atoms with Crippen molar-refractivity contribution >= 4 is 17.7 Å². The van der Waals surface area contributed by atoms with Crippen LogP contribution in [0.5, 0.6) is 0 Å². The van der Waals surface area contributed by atoms with Crippen molar-refractivity contribution in [3.05, 3.63) is 23.7 Å². The molecule has 1 aromatic heterocycles. The highest BCUT2D eigenvalue weighted by Crippen LogP contribution is 2.12. The second kappa shape index (κ2) is 4.36. The molecule has 0 spiro atoms. The van der Waals surface area contributed by atoms with E-state index in [0.29, 0.717) is 5.56 Å². The maximum absolute atomic E-state index is 10.7. The van der Waals surface area contributed by atoms with Crippen LogP contribution in [0.25, 0.3) is 0 Å². The van der Waals surface area contributed by atoms with Crippen LogP contribution in [-0.4, -0.2) is 5.12 Å². The molecule has 2 nitrogen and oxygen atoms in total. The van der Waals surface area contributed by atoms with Gasteiger partial charge in [-0.15, -0.1) is 12.6 Å². The molecule has 12 heavy (non-hydrogen) atoms. The monoisotopic (exact) mass is 184 g/mol. The van der Waals surface area contributed by atoms with Gasteiger partial charge >= 0.3 is 0 Å². The molecule has 0 amide bonds. The molecule has 66 valence electrons. The normalized spacial score (nSPS) is 10.2. The lowest BCUT2D eigenvalue weighted by Crippen LogP contribution is -1.83. The first kappa shape index (κ1) is 9.39. The highest BCUT2D eigenvalue weighted by molar-refractivity contribution is 7.97. The SMILES string of the molecule is CCCCc1cc(C(=O)S)co1. The first-order valence-corrected chi connectivity index (χ1v) is 4.49. The Morgan fingerprint density at radius 3 is 2.92 bits per heavy atom. The van der Waals surface area contributed by atoms with Crippen molar-refractivity contribution in [1.29, 1.82) is 0 Å². The largest absolute Gasteiger partial charge is 0.469 e. The summed E-state index contributed by atoms with van der Waals surface area (Å²) < 4.78 is 5.16. The van der Waals surface area contributed by atoms with Crippen LogP contribution in [0.15, 0.2) is 16.7 Å². The number of hydrogen-bond donors (Lipinski definition) is 1. The molecule has 0 aliphatic rings. The van der Waals surface area contributed by atoms with E-state index in [1.165, 1.54) is 6.26 Å². The first-order valence-electron chi connectivity index (χ1n) is 4.04. The quantitative estimate of drug-likeness (QED) is 0.729. The molecule has 3 heteroatoms. The van der Waals surface area contributed by atoms with Gasteiger partial charge in [-0.25, -0.2) is 0 Å². The number of carbonyl (C=O) groups excluding carboxylic acids is 1. The second-order valence-electron chi connectivity index (χ2n) is 2.71. The van der Waals surface area contributed by atoms with Crippen molar-refractivity contribution in [3.63, 3.8) is 0 Å². The zero-order valence-corrected chi connectivity index (χ0v) is 7.93. The topological polar surface area (TPSA) is 30.2 Å². The summed E-state index contributed by atoms with van der Waals surface area (Å²) in [6, 6.07) is 1.75. The van der Waals surface area contributed by atoms with Gasteiger partial charge in [-0.3, -0.25) is 4.79 Å². The Balaban J connectivity index is 2.58. The Morgan fingerprint density at radius 1 is 1.67 bits per heavy atom. The standard InChI is InChI=1S/C9H12O2S/c1-2-3-4-8-5-7(6-11-8)9(10)12/h5-6H,2-4H2,1H3,(H,10,12). The summed E-state index contributed by atoms with van der Waals surface area (Å²) in [4.78, 5) is 10.7. The van der Waals surface area contributed by atoms with Gasteiger partial charge < -0.3 is 4.42 Å². The van der Waals surface area contributed by atoms with E-state index in [1.54, 1.807) is 6.07 Å². The van der Waals surface area contributed by atoms with Gasteiger partial charge in [0.25, 0.3) is 0 Å². The van der Waals surface area contributed by atoms with E-state index >= 15 is 0 Å². The van der Waals surface area contributed by atoms with Crippen molar-refractivity contribution in [2.24, 2.45) is 0 Å². The molecule has 0 aromatic carbocycles. The molecule has 0 aliphatic carbocycles. The minimum atomic E-state index is -0.235. The Hall–Kier alpha value is -0.700. The number of unbranched alkanes of at least 4 members (excludes halogenated alkanes) is 1. The van der Waals surface area contributed by atoms with Gasteiger partial charge in [-0.05, 0) is 12.5 Å². The van der Waals surface area contributed by atoms with Crippen LogP contribution in [0.2, 0.25) is 0 Å². The van der Waals surface area contributed by atoms with Gasteiger partial charge in [-0.2, -0.15) is 0 Å². The number of aryl methyl sites for hydroxylation is 1. The van der Waals surface area contributed by atoms with Gasteiger partial charge in [0, 0.05) is 6.42 Å². The third-order valence-corrected chi connectivity index (χ3v) is 1.94. The predicted octanol–water partition coefficient (Wildman–Crippen LogP) is 2.69. The Bertz CT molecular complexity index is 265. The number of furan rings is 1. The number of carbonyl (C=O) groups is 1. The smallest absolute Gasteiger partial charge is 0.219 e. The molecule has 0 aliphatic heterocycles. The highest BCUT2D eigenvalue weighted by Gasteiger charge is 2.05. The van der Waals surface area contributed by atoms with Gasteiger partial charge in [0.05, 0.1) is 5.56 Å². The summed E-state index contributed by atoms with van der Waals surface area (Å²) in [7, 11) is 0. The molecule has 1 heterocycles. The van der Waals surface area contributed by atoms with E-state index in [1.807, 2.05) is 0 Å². The van der Waals surface area contributed by atoms with E-state index in [2.05, 4.69) is 19.6 Å². The summed E-state index contributed by atoms with van der Waals surface area (Å²) in [5.41, 5.74) is 0.546. The van der Waals surface area contributed by atoms with Gasteiger partial charge in [0.15, 0.2) is 0 Å². The molecule has 0 N–H and O–H groups in total. The third-order valence-electron chi connectivity index (χ3n) is 1.68. The molecule has 0 radical (unpaired) electrons. The summed E-state index contributed by atoms with van der Waals surface area (Å²) in [5, 5.41) is -0.235. The van der Waals surface area contributed by atoms with E-state index in [9.17, 15) is 4.79 Å². The summed E-state index contributed by atoms with van der Waals surface area (Å²) in [6.07, 6.45) is 4.58. The van der Waals surface area contributed by atoms with Crippen molar-refractivity contribution in [1.82, 2.24) is 0 Å². The molecular weight excluding hydrogens is 172 g/mol. The summed E-state index contributed by atoms with van der Waals surface area (Å²) >= 11 is 3.69. The summed E-state index contributed by atoms with van der Waals surface area (Å²) in [6.45, 7) is 2.12. The van der Waals surface area contributed by atoms with Crippen LogP contribution in [0.1, 0.15) is 35.9 Å². The molecule has 0 saturated carbocycles. The van der Waals surface area contributed by atoms with Gasteiger partial charge in [-0.1, -0.05) is 13.3 Å². The van der Waals surface area contributed by atoms with Crippen LogP contribution in [0, 0.1) is 0 Å². The zero-order chi connectivity index (χ0) is 8.97. The van der Waals surface area contributed by atoms with Crippen LogP contribution >= 0.6 is 12.6 Å². The molecule has 0 fully saturated rings. The van der Waals surface area contributed by atoms with Crippen LogP contribution in [0.3, 0.4) is 0 Å². The number of thiol groups is 1. The first-order chi connectivity index (χ1) is 5.74. The lowest BCUT2D eigenvalue weighted by Gasteiger charge is -1.90. The van der Waals surface area contributed by atoms with E-state index in [0.717, 1.165) is 25.0 Å². The fourth-order valence-corrected chi connectivity index (χ4v) is 1.09. The maximum Gasteiger partial charge on any atom is 0.219 e. The predicted molar refractivity (Wildman–Crippen MR) is 50.6 cm³/mol. The average Bonchev–Trinajstić information content (AvgIpc) is 2.48. The maximum atomic E-state index is 10.7.